The molecule has 7 unspecified atom stereocenters. The molecule has 1 aliphatic heterocycles. The standard InChI is InChI=1S/C43H54N7O22P3S2/c44-39-25(21-50(42(59)49-39)37-20-33(51)34(70-37)23-69-74(64,65)72-75(66,67)71-73(61,62)63)9-8-17-45-35(52)15-18-76-77-24-32(40(56)46-16-7-1-2-14-36(53)47-31(41(57)58)19-38(54)55)48-43(60)68-22-30-28-12-5-3-10-26(28)27-11-4-6-13-29(27)30/h3-6,10-13,21,30-34,37,51H,1-2,7,14-20,22-24H2,(H,45,52)(H,46,56)(H,47,53)(H,48,60)(H,54,55)(H,57,58)(H,64,65)(H,66,67)(H2,44,49,59)(H2,61,62,63). The lowest BCUT2D eigenvalue weighted by atomic mass is 9.98. The molecule has 3 aromatic rings. The number of nitrogens with zero attached hydrogens (tertiary/aromatic N) is 2. The number of ether oxygens (including phenoxy) is 2. The Labute approximate surface area is 445 Å². The Morgan fingerprint density at radius 1 is 0.844 bits per heavy atom. The fourth-order valence-corrected chi connectivity index (χ4v) is 12.7. The first-order chi connectivity index (χ1) is 36.3. The lowest BCUT2D eigenvalue weighted by Crippen LogP contribution is -2.48. The first-order valence-corrected chi connectivity index (χ1v) is 30.0. The summed E-state index contributed by atoms with van der Waals surface area (Å²) >= 11 is 0. The summed E-state index contributed by atoms with van der Waals surface area (Å²) in [6.07, 6.45) is -3.88. The maximum atomic E-state index is 13.4. The van der Waals surface area contributed by atoms with E-state index in [0.717, 1.165) is 33.0 Å². The minimum atomic E-state index is -5.81. The first-order valence-electron chi connectivity index (χ1n) is 22.9. The van der Waals surface area contributed by atoms with Gasteiger partial charge in [-0.05, 0) is 35.1 Å². The second-order valence-electron chi connectivity index (χ2n) is 16.7. The number of rotatable bonds is 29. The van der Waals surface area contributed by atoms with Gasteiger partial charge in [0.1, 0.15) is 36.8 Å². The zero-order chi connectivity index (χ0) is 56.5. The molecule has 1 aromatic heterocycles. The van der Waals surface area contributed by atoms with Crippen molar-refractivity contribution < 1.29 is 100.0 Å². The van der Waals surface area contributed by atoms with Gasteiger partial charge in [0, 0.05) is 49.4 Å². The van der Waals surface area contributed by atoms with Gasteiger partial charge in [-0.3, -0.25) is 28.3 Å². The van der Waals surface area contributed by atoms with Gasteiger partial charge in [0.2, 0.25) is 17.7 Å². The number of anilines is 1. The number of amides is 4. The Balaban J connectivity index is 1.08. The number of carboxylic acids is 2. The fourth-order valence-electron chi connectivity index (χ4n) is 7.50. The third kappa shape index (κ3) is 20.3. The van der Waals surface area contributed by atoms with E-state index in [1.165, 1.54) is 21.6 Å². The number of carboxylic acid groups (broad SMARTS) is 2. The quantitative estimate of drug-likeness (QED) is 0.0204. The van der Waals surface area contributed by atoms with Gasteiger partial charge >= 0.3 is 47.2 Å². The maximum Gasteiger partial charge on any atom is 0.490 e. The molecule has 2 aliphatic rings. The number of carbonyl (C=O) groups excluding carboxylic acids is 4. The molecule has 2 heterocycles. The van der Waals surface area contributed by atoms with E-state index in [-0.39, 0.29) is 67.8 Å². The smallest absolute Gasteiger partial charge is 0.481 e. The molecule has 4 amide bonds. The average Bonchev–Trinajstić information content (AvgIpc) is 3.87. The summed E-state index contributed by atoms with van der Waals surface area (Å²) in [6, 6.07) is 12.9. The molecular formula is C43H54N7O22P3S2. The van der Waals surface area contributed by atoms with E-state index in [1.54, 1.807) is 0 Å². The summed E-state index contributed by atoms with van der Waals surface area (Å²) in [4.78, 5) is 127. The molecule has 0 radical (unpaired) electrons. The van der Waals surface area contributed by atoms with E-state index in [0.29, 0.717) is 19.3 Å². The van der Waals surface area contributed by atoms with Crippen LogP contribution in [0.15, 0.2) is 59.5 Å². The molecule has 34 heteroatoms. The molecule has 5 rings (SSSR count). The second kappa shape index (κ2) is 28.8. The minimum absolute atomic E-state index is 0.00102. The normalized spacial score (nSPS) is 18.2. The third-order valence-electron chi connectivity index (χ3n) is 11.0. The van der Waals surface area contributed by atoms with Crippen molar-refractivity contribution in [3.63, 3.8) is 0 Å². The lowest BCUT2D eigenvalue weighted by Gasteiger charge is -2.19. The molecule has 29 nitrogen and oxygen atoms in total. The molecule has 7 atom stereocenters. The van der Waals surface area contributed by atoms with Gasteiger partial charge in [0.15, 0.2) is 0 Å². The van der Waals surface area contributed by atoms with Gasteiger partial charge < -0.3 is 71.4 Å². The highest BCUT2D eigenvalue weighted by atomic mass is 33.1. The Morgan fingerprint density at radius 2 is 1.52 bits per heavy atom. The van der Waals surface area contributed by atoms with Crippen molar-refractivity contribution in [3.8, 4) is 23.0 Å². The Morgan fingerprint density at radius 3 is 2.17 bits per heavy atom. The molecule has 77 heavy (non-hydrogen) atoms. The summed E-state index contributed by atoms with van der Waals surface area (Å²) in [5.74, 6) is 0.659. The highest BCUT2D eigenvalue weighted by Gasteiger charge is 2.43. The van der Waals surface area contributed by atoms with Gasteiger partial charge in [0.05, 0.1) is 31.2 Å². The number of unbranched alkanes of at least 4 members (excludes halogenated alkanes) is 2. The Hall–Kier alpha value is -5.67. The molecule has 0 saturated carbocycles. The number of fused-ring (bicyclic) bond motifs is 3. The molecule has 0 spiro atoms. The van der Waals surface area contributed by atoms with Crippen molar-refractivity contribution >= 4 is 86.6 Å². The number of aliphatic hydroxyl groups is 1. The largest absolute Gasteiger partial charge is 0.490 e. The predicted molar refractivity (Wildman–Crippen MR) is 272 cm³/mol. The highest BCUT2D eigenvalue weighted by Crippen LogP contribution is 2.66. The number of hydrogen-bond donors (Lipinski definition) is 12. The Kier molecular flexibility index (Phi) is 23.3. The topological polar surface area (TPSA) is 450 Å². The number of carbonyl (C=O) groups is 6. The molecule has 1 fully saturated rings. The van der Waals surface area contributed by atoms with Crippen LogP contribution in [0.5, 0.6) is 0 Å². The number of aromatic nitrogens is 2. The summed E-state index contributed by atoms with van der Waals surface area (Å²) in [6.45, 7) is -1.02. The van der Waals surface area contributed by atoms with Crippen molar-refractivity contribution in [2.45, 2.75) is 81.4 Å². The predicted octanol–water partition coefficient (Wildman–Crippen LogP) is 1.68. The van der Waals surface area contributed by atoms with E-state index in [4.69, 9.17) is 35.2 Å². The van der Waals surface area contributed by atoms with E-state index in [1.807, 2.05) is 48.5 Å². The number of aliphatic hydroxyl groups excluding tert-OH is 1. The van der Waals surface area contributed by atoms with Crippen LogP contribution >= 0.6 is 45.1 Å². The van der Waals surface area contributed by atoms with Crippen LogP contribution in [0.4, 0.5) is 10.6 Å². The minimum Gasteiger partial charge on any atom is -0.481 e. The van der Waals surface area contributed by atoms with E-state index < -0.39 is 108 Å². The molecule has 2 aromatic carbocycles. The summed E-state index contributed by atoms with van der Waals surface area (Å²) in [5.41, 5.74) is 8.97. The number of nitrogens with two attached hydrogens (primary N) is 1. The van der Waals surface area contributed by atoms with Crippen LogP contribution in [0.1, 0.15) is 73.8 Å². The number of hydrogen-bond acceptors (Lipinski definition) is 20. The fraction of sp³-hybridized carbons (Fsp3) is 0.442. The monoisotopic (exact) mass is 1180 g/mol. The van der Waals surface area contributed by atoms with Crippen molar-refractivity contribution in [2.24, 2.45) is 0 Å². The van der Waals surface area contributed by atoms with E-state index >= 15 is 0 Å². The van der Waals surface area contributed by atoms with Gasteiger partial charge in [-0.1, -0.05) is 88.4 Å². The van der Waals surface area contributed by atoms with Crippen LogP contribution < -0.4 is 32.7 Å². The molecular weight excluding hydrogens is 1120 g/mol. The molecule has 13 N–H and O–H groups in total. The first kappa shape index (κ1) is 62.2. The molecule has 0 bridgehead atoms. The molecule has 420 valence electrons. The van der Waals surface area contributed by atoms with Crippen LogP contribution in [0, 0.1) is 11.8 Å². The Bertz CT molecular complexity index is 2870. The van der Waals surface area contributed by atoms with Crippen molar-refractivity contribution in [2.75, 3.05) is 43.5 Å². The number of nitrogen functional groups attached to an aromatic ring is 1. The van der Waals surface area contributed by atoms with Crippen molar-refractivity contribution in [1.29, 1.82) is 0 Å². The van der Waals surface area contributed by atoms with Crippen LogP contribution in [-0.4, -0.2) is 142 Å². The highest BCUT2D eigenvalue weighted by molar-refractivity contribution is 8.76. The number of aliphatic carboxylic acids is 2. The summed E-state index contributed by atoms with van der Waals surface area (Å²) in [7, 11) is -14.5. The van der Waals surface area contributed by atoms with Crippen LogP contribution in [0.3, 0.4) is 0 Å². The molecule has 1 aliphatic carbocycles. The summed E-state index contributed by atoms with van der Waals surface area (Å²) in [5, 5.41) is 38.7. The number of benzene rings is 2. The van der Waals surface area contributed by atoms with Gasteiger partial charge in [-0.25, -0.2) is 28.1 Å². The van der Waals surface area contributed by atoms with Crippen LogP contribution in [0.2, 0.25) is 0 Å². The van der Waals surface area contributed by atoms with Crippen molar-refractivity contribution in [3.05, 3.63) is 81.9 Å². The van der Waals surface area contributed by atoms with Crippen LogP contribution in [0.25, 0.3) is 11.1 Å². The number of phosphoric ester groups is 1. The molecule has 1 saturated heterocycles. The van der Waals surface area contributed by atoms with Gasteiger partial charge in [-0.2, -0.15) is 13.6 Å². The van der Waals surface area contributed by atoms with Gasteiger partial charge in [0.25, 0.3) is 0 Å². The summed E-state index contributed by atoms with van der Waals surface area (Å²) < 4.78 is 58.5. The average molecular weight is 1180 g/mol. The van der Waals surface area contributed by atoms with E-state index in [2.05, 4.69) is 51.2 Å². The zero-order valence-electron chi connectivity index (χ0n) is 40.2. The number of nitrogens with one attached hydrogen (secondary N) is 4. The lowest BCUT2D eigenvalue weighted by molar-refractivity contribution is -0.147. The number of alkyl carbamates (subject to hydrolysis) is 1. The zero-order valence-corrected chi connectivity index (χ0v) is 44.6. The SMILES string of the molecule is Nc1nc(=O)n(C2CC(O)C(COP(=O)(O)OP(=O)(O)OP(=O)(O)O)O2)cc1C#CCNC(=O)CCSSCC(NC(=O)OCC1c2ccccc2-c2ccccc21)C(=O)NCCCCCC(=O)NC(CC(=O)O)C(=O)O. The van der Waals surface area contributed by atoms with Crippen molar-refractivity contribution in [1.82, 2.24) is 30.8 Å². The maximum absolute atomic E-state index is 13.4. The van der Waals surface area contributed by atoms with Gasteiger partial charge in [-0.15, -0.1) is 0 Å². The third-order valence-corrected chi connectivity index (χ3v) is 17.2. The van der Waals surface area contributed by atoms with E-state index in [9.17, 15) is 62.2 Å². The van der Waals surface area contributed by atoms with Crippen LogP contribution in [-0.2, 0) is 60.3 Å². The second-order valence-corrected chi connectivity index (χ2v) is 23.7. The number of phosphoric acid groups is 3.